The number of hydrogen-bond acceptors (Lipinski definition) is 6. The van der Waals surface area contributed by atoms with Crippen LogP contribution in [0.2, 0.25) is 5.02 Å². The number of aliphatic hydroxyl groups excluding tert-OH is 1. The first-order valence-corrected chi connectivity index (χ1v) is 12.5. The number of hydrogen-bond donors (Lipinski definition) is 1. The maximum absolute atomic E-state index is 13.3. The van der Waals surface area contributed by atoms with Gasteiger partial charge in [0.2, 0.25) is 0 Å². The van der Waals surface area contributed by atoms with Crippen LogP contribution in [0, 0.1) is 6.92 Å². The van der Waals surface area contributed by atoms with E-state index in [2.05, 4.69) is 11.5 Å². The lowest BCUT2D eigenvalue weighted by molar-refractivity contribution is -0.140. The number of morpholine rings is 1. The van der Waals surface area contributed by atoms with Gasteiger partial charge in [0.1, 0.15) is 18.1 Å². The Labute approximate surface area is 216 Å². The molecule has 0 bridgehead atoms. The highest BCUT2D eigenvalue weighted by molar-refractivity contribution is 6.46. The van der Waals surface area contributed by atoms with Crippen molar-refractivity contribution in [1.82, 2.24) is 9.80 Å². The fraction of sp³-hybridized carbons (Fsp3) is 0.357. The van der Waals surface area contributed by atoms with Gasteiger partial charge in [-0.25, -0.2) is 0 Å². The van der Waals surface area contributed by atoms with Gasteiger partial charge in [0.05, 0.1) is 24.8 Å². The Kier molecular flexibility index (Phi) is 8.46. The summed E-state index contributed by atoms with van der Waals surface area (Å²) >= 11 is 6.11. The Morgan fingerprint density at radius 2 is 1.89 bits per heavy atom. The summed E-state index contributed by atoms with van der Waals surface area (Å²) in [5.74, 6) is -0.870. The number of ketones is 1. The second kappa shape index (κ2) is 11.7. The van der Waals surface area contributed by atoms with Crippen LogP contribution in [0.5, 0.6) is 5.75 Å². The molecule has 0 saturated carbocycles. The zero-order valence-electron chi connectivity index (χ0n) is 20.4. The van der Waals surface area contributed by atoms with Crippen molar-refractivity contribution in [2.24, 2.45) is 0 Å². The molecule has 4 rings (SSSR count). The Bertz CT molecular complexity index is 1160. The van der Waals surface area contributed by atoms with Gasteiger partial charge < -0.3 is 19.5 Å². The van der Waals surface area contributed by atoms with Crippen molar-refractivity contribution in [2.45, 2.75) is 19.4 Å². The van der Waals surface area contributed by atoms with Gasteiger partial charge in [0.25, 0.3) is 11.7 Å². The minimum absolute atomic E-state index is 0.0801. The minimum Gasteiger partial charge on any atom is -0.507 e. The summed E-state index contributed by atoms with van der Waals surface area (Å²) in [5, 5.41) is 11.9. The number of carbonyl (C=O) groups is 2. The maximum Gasteiger partial charge on any atom is 0.295 e. The van der Waals surface area contributed by atoms with Crippen LogP contribution in [-0.2, 0) is 14.3 Å². The van der Waals surface area contributed by atoms with Crippen molar-refractivity contribution < 1.29 is 24.2 Å². The molecule has 2 saturated heterocycles. The number of Topliss-reactive ketones (excluding diaryl/α,β-unsaturated/α-hetero) is 1. The van der Waals surface area contributed by atoms with Crippen LogP contribution in [0.1, 0.15) is 29.2 Å². The molecule has 2 aliphatic rings. The summed E-state index contributed by atoms with van der Waals surface area (Å²) in [5.41, 5.74) is 2.00. The van der Waals surface area contributed by atoms with Gasteiger partial charge in [0, 0.05) is 36.8 Å². The molecule has 8 heteroatoms. The smallest absolute Gasteiger partial charge is 0.295 e. The van der Waals surface area contributed by atoms with E-state index in [-0.39, 0.29) is 11.3 Å². The summed E-state index contributed by atoms with van der Waals surface area (Å²) in [7, 11) is 0. The van der Waals surface area contributed by atoms with Crippen LogP contribution in [0.25, 0.3) is 5.76 Å². The molecule has 2 aromatic carbocycles. The lowest BCUT2D eigenvalue weighted by atomic mass is 9.94. The second-order valence-electron chi connectivity index (χ2n) is 8.93. The molecule has 2 aromatic rings. The molecular formula is C28H31ClN2O5. The Morgan fingerprint density at radius 1 is 1.17 bits per heavy atom. The van der Waals surface area contributed by atoms with Gasteiger partial charge in [0.15, 0.2) is 0 Å². The minimum atomic E-state index is -0.706. The van der Waals surface area contributed by atoms with E-state index in [0.717, 1.165) is 30.8 Å². The molecule has 1 atom stereocenters. The predicted molar refractivity (Wildman–Crippen MR) is 139 cm³/mol. The molecule has 0 radical (unpaired) electrons. The molecular weight excluding hydrogens is 480 g/mol. The molecule has 1 unspecified atom stereocenters. The summed E-state index contributed by atoms with van der Waals surface area (Å²) < 4.78 is 11.0. The number of nitrogens with zero attached hydrogens (tertiary/aromatic N) is 2. The third kappa shape index (κ3) is 5.64. The number of benzene rings is 2. The molecule has 36 heavy (non-hydrogen) atoms. The van der Waals surface area contributed by atoms with E-state index < -0.39 is 17.7 Å². The molecule has 0 spiro atoms. The number of carbonyl (C=O) groups excluding carboxylic acids is 2. The molecule has 1 N–H and O–H groups in total. The van der Waals surface area contributed by atoms with Crippen LogP contribution in [-0.4, -0.2) is 72.6 Å². The molecule has 0 aliphatic carbocycles. The number of aliphatic hydroxyl groups is 1. The van der Waals surface area contributed by atoms with Crippen molar-refractivity contribution in [3.63, 3.8) is 0 Å². The summed E-state index contributed by atoms with van der Waals surface area (Å²) in [6.45, 7) is 10.1. The fourth-order valence-electron chi connectivity index (χ4n) is 4.68. The lowest BCUT2D eigenvalue weighted by Gasteiger charge is -2.29. The first-order chi connectivity index (χ1) is 17.4. The number of likely N-dealkylation sites (tertiary alicyclic amines) is 1. The summed E-state index contributed by atoms with van der Waals surface area (Å²) in [6, 6.07) is 11.5. The van der Waals surface area contributed by atoms with Crippen LogP contribution >= 0.6 is 11.6 Å². The summed E-state index contributed by atoms with van der Waals surface area (Å²) in [4.78, 5) is 30.3. The number of rotatable bonds is 9. The Hall–Kier alpha value is -3.13. The van der Waals surface area contributed by atoms with E-state index in [1.54, 1.807) is 53.4 Å². The van der Waals surface area contributed by atoms with E-state index in [0.29, 0.717) is 49.1 Å². The average Bonchev–Trinajstić information content (AvgIpc) is 3.13. The van der Waals surface area contributed by atoms with Crippen molar-refractivity contribution in [3.8, 4) is 5.75 Å². The van der Waals surface area contributed by atoms with Crippen molar-refractivity contribution in [2.75, 3.05) is 46.0 Å². The van der Waals surface area contributed by atoms with Crippen molar-refractivity contribution >= 4 is 29.1 Å². The van der Waals surface area contributed by atoms with Gasteiger partial charge in [-0.05, 0) is 54.8 Å². The van der Waals surface area contributed by atoms with E-state index in [1.165, 1.54) is 0 Å². The van der Waals surface area contributed by atoms with Crippen LogP contribution in [0.4, 0.5) is 0 Å². The molecule has 1 amide bonds. The van der Waals surface area contributed by atoms with E-state index in [9.17, 15) is 14.7 Å². The normalized spacial score (nSPS) is 20.1. The van der Waals surface area contributed by atoms with E-state index in [4.69, 9.17) is 21.1 Å². The van der Waals surface area contributed by atoms with Gasteiger partial charge in [-0.2, -0.15) is 0 Å². The average molecular weight is 511 g/mol. The number of amides is 1. The lowest BCUT2D eigenvalue weighted by Crippen LogP contribution is -2.38. The number of aryl methyl sites for hydroxylation is 1. The van der Waals surface area contributed by atoms with Crippen molar-refractivity contribution in [3.05, 3.63) is 82.4 Å². The Balaban J connectivity index is 1.67. The van der Waals surface area contributed by atoms with Crippen molar-refractivity contribution in [1.29, 1.82) is 0 Å². The molecule has 190 valence electrons. The first kappa shape index (κ1) is 25.9. The maximum atomic E-state index is 13.3. The highest BCUT2D eigenvalue weighted by Gasteiger charge is 2.46. The second-order valence-corrected chi connectivity index (χ2v) is 9.36. The molecule has 2 aliphatic heterocycles. The third-order valence-electron chi connectivity index (χ3n) is 6.52. The van der Waals surface area contributed by atoms with Crippen LogP contribution in [0.15, 0.2) is 60.7 Å². The highest BCUT2D eigenvalue weighted by atomic mass is 35.5. The summed E-state index contributed by atoms with van der Waals surface area (Å²) in [6.07, 6.45) is 2.35. The van der Waals surface area contributed by atoms with Gasteiger partial charge in [-0.3, -0.25) is 14.5 Å². The van der Waals surface area contributed by atoms with Crippen LogP contribution < -0.4 is 4.74 Å². The largest absolute Gasteiger partial charge is 0.507 e. The number of halogens is 1. The number of ether oxygens (including phenoxy) is 2. The quantitative estimate of drug-likeness (QED) is 0.234. The molecule has 7 nitrogen and oxygen atoms in total. The van der Waals surface area contributed by atoms with E-state index in [1.807, 2.05) is 6.92 Å². The van der Waals surface area contributed by atoms with Crippen LogP contribution in [0.3, 0.4) is 0 Å². The zero-order valence-corrected chi connectivity index (χ0v) is 21.2. The molecule has 0 aromatic heterocycles. The van der Waals surface area contributed by atoms with Gasteiger partial charge >= 0.3 is 0 Å². The first-order valence-electron chi connectivity index (χ1n) is 12.1. The SMILES string of the molecule is C=CCOc1ccc(C(O)=C2C(=O)C(=O)N(CCCN3CCOCC3)C2c2ccc(Cl)cc2)c(C)c1. The van der Waals surface area contributed by atoms with Gasteiger partial charge in [-0.1, -0.05) is 36.4 Å². The highest BCUT2D eigenvalue weighted by Crippen LogP contribution is 2.40. The topological polar surface area (TPSA) is 79.3 Å². The van der Waals surface area contributed by atoms with Gasteiger partial charge in [-0.15, -0.1) is 0 Å². The Morgan fingerprint density at radius 3 is 2.56 bits per heavy atom. The molecule has 2 heterocycles. The third-order valence-corrected chi connectivity index (χ3v) is 6.78. The molecule has 2 fully saturated rings. The zero-order chi connectivity index (χ0) is 25.7. The monoisotopic (exact) mass is 510 g/mol. The standard InChI is InChI=1S/C28H31ClN2O5/c1-3-15-36-22-9-10-23(19(2)18-22)26(32)24-25(20-5-7-21(29)8-6-20)31(28(34)27(24)33)12-4-11-30-13-16-35-17-14-30/h3,5-10,18,25,32H,1,4,11-17H2,2H3. The van der Waals surface area contributed by atoms with E-state index >= 15 is 0 Å². The predicted octanol–water partition coefficient (Wildman–Crippen LogP) is 4.36. The fourth-order valence-corrected chi connectivity index (χ4v) is 4.81.